The first-order valence-electron chi connectivity index (χ1n) is 16.4. The maximum absolute atomic E-state index is 10.6. The number of nitriles is 5. The van der Waals surface area contributed by atoms with Crippen molar-refractivity contribution in [3.8, 4) is 97.1 Å². The second kappa shape index (κ2) is 14.2. The molecular formula is C47H25N5. The molecule has 0 saturated heterocycles. The van der Waals surface area contributed by atoms with Crippen LogP contribution in [-0.2, 0) is 0 Å². The van der Waals surface area contributed by atoms with Crippen molar-refractivity contribution in [2.24, 2.45) is 0 Å². The summed E-state index contributed by atoms with van der Waals surface area (Å²) in [6.07, 6.45) is 0. The van der Waals surface area contributed by atoms with Gasteiger partial charge >= 0.3 is 0 Å². The van der Waals surface area contributed by atoms with Crippen LogP contribution in [0.1, 0.15) is 27.8 Å². The molecule has 0 heterocycles. The predicted molar refractivity (Wildman–Crippen MR) is 203 cm³/mol. The molecule has 0 bridgehead atoms. The van der Waals surface area contributed by atoms with Gasteiger partial charge in [0.05, 0.1) is 58.2 Å². The second-order valence-corrected chi connectivity index (χ2v) is 12.0. The van der Waals surface area contributed by atoms with Gasteiger partial charge in [-0.1, -0.05) is 109 Å². The van der Waals surface area contributed by atoms with E-state index in [9.17, 15) is 26.3 Å². The zero-order valence-electron chi connectivity index (χ0n) is 27.7. The summed E-state index contributed by atoms with van der Waals surface area (Å²) >= 11 is 0. The van der Waals surface area contributed by atoms with Crippen LogP contribution in [0, 0.1) is 56.7 Å². The van der Waals surface area contributed by atoms with E-state index >= 15 is 0 Å². The van der Waals surface area contributed by atoms with Gasteiger partial charge in [0.25, 0.3) is 0 Å². The van der Waals surface area contributed by atoms with Crippen LogP contribution in [0.25, 0.3) is 66.8 Å². The third kappa shape index (κ3) is 5.73. The summed E-state index contributed by atoms with van der Waals surface area (Å²) in [5, 5.41) is 52.1. The molecule has 0 spiro atoms. The van der Waals surface area contributed by atoms with Gasteiger partial charge < -0.3 is 0 Å². The van der Waals surface area contributed by atoms with Crippen LogP contribution in [0.2, 0.25) is 0 Å². The Balaban J connectivity index is 1.92. The minimum atomic E-state index is 0.414. The summed E-state index contributed by atoms with van der Waals surface area (Å²) in [5.41, 5.74) is 10.4. The fourth-order valence-electron chi connectivity index (χ4n) is 6.91. The minimum absolute atomic E-state index is 0.414. The standard InChI is InChI=1S/C47H25N5/c48-26-31-12-10-19-34(24-31)43-44(35-20-11-13-32(25-35)27-49)47(41-23-9-6-18-38(41)30-52)46(40-22-8-5-17-37(40)29-51)42(33-14-2-1-3-15-33)45(43)39-21-7-4-16-36(39)28-50/h1-25H. The zero-order valence-corrected chi connectivity index (χ0v) is 27.7. The highest BCUT2D eigenvalue weighted by Crippen LogP contribution is 2.57. The lowest BCUT2D eigenvalue weighted by atomic mass is 9.72. The van der Waals surface area contributed by atoms with Crippen molar-refractivity contribution in [2.75, 3.05) is 0 Å². The monoisotopic (exact) mass is 659 g/mol. The number of nitrogens with zero attached hydrogens (tertiary/aromatic N) is 5. The van der Waals surface area contributed by atoms with Gasteiger partial charge in [0.1, 0.15) is 0 Å². The molecule has 0 N–H and O–H groups in total. The van der Waals surface area contributed by atoms with Crippen molar-refractivity contribution >= 4 is 0 Å². The molecule has 0 aliphatic rings. The first-order chi connectivity index (χ1) is 25.6. The number of benzene rings is 7. The van der Waals surface area contributed by atoms with Gasteiger partial charge in [-0.25, -0.2) is 0 Å². The largest absolute Gasteiger partial charge is 0.192 e. The molecule has 7 aromatic rings. The molecule has 5 heteroatoms. The third-order valence-electron chi connectivity index (χ3n) is 9.07. The molecule has 0 unspecified atom stereocenters. The van der Waals surface area contributed by atoms with Gasteiger partial charge in [0.15, 0.2) is 0 Å². The second-order valence-electron chi connectivity index (χ2n) is 12.0. The molecule has 0 saturated carbocycles. The van der Waals surface area contributed by atoms with E-state index < -0.39 is 0 Å². The van der Waals surface area contributed by atoms with Gasteiger partial charge in [0, 0.05) is 16.7 Å². The molecule has 0 aliphatic carbocycles. The highest BCUT2D eigenvalue weighted by atomic mass is 14.4. The topological polar surface area (TPSA) is 119 Å². The maximum Gasteiger partial charge on any atom is 0.0998 e. The summed E-state index contributed by atoms with van der Waals surface area (Å²) in [7, 11) is 0. The molecule has 52 heavy (non-hydrogen) atoms. The van der Waals surface area contributed by atoms with Crippen molar-refractivity contribution in [3.63, 3.8) is 0 Å². The quantitative estimate of drug-likeness (QED) is 0.176. The fourth-order valence-corrected chi connectivity index (χ4v) is 6.91. The van der Waals surface area contributed by atoms with Crippen molar-refractivity contribution in [1.29, 1.82) is 26.3 Å². The molecule has 0 amide bonds. The zero-order chi connectivity index (χ0) is 36.0. The highest BCUT2D eigenvalue weighted by Gasteiger charge is 2.31. The van der Waals surface area contributed by atoms with Crippen LogP contribution in [0.3, 0.4) is 0 Å². The summed E-state index contributed by atoms with van der Waals surface area (Å²) in [4.78, 5) is 0. The van der Waals surface area contributed by atoms with E-state index in [0.29, 0.717) is 83.5 Å². The maximum atomic E-state index is 10.6. The van der Waals surface area contributed by atoms with E-state index in [2.05, 4.69) is 30.3 Å². The SMILES string of the molecule is N#Cc1cccc(-c2c(-c3cccc(C#N)c3)c(-c3ccccc3C#N)c(-c3ccccc3C#N)c(-c3ccccc3)c2-c2ccccc2C#N)c1. The molecule has 0 aromatic heterocycles. The van der Waals surface area contributed by atoms with Crippen LogP contribution < -0.4 is 0 Å². The molecule has 7 aromatic carbocycles. The average molecular weight is 660 g/mol. The summed E-state index contributed by atoms with van der Waals surface area (Å²) in [5.74, 6) is 0. The highest BCUT2D eigenvalue weighted by molar-refractivity contribution is 6.16. The lowest BCUT2D eigenvalue weighted by molar-refractivity contribution is 1.44. The molecule has 7 rings (SSSR count). The van der Waals surface area contributed by atoms with Crippen LogP contribution in [0.5, 0.6) is 0 Å². The third-order valence-corrected chi connectivity index (χ3v) is 9.07. The van der Waals surface area contributed by atoms with Crippen molar-refractivity contribution in [2.45, 2.75) is 0 Å². The van der Waals surface area contributed by atoms with Crippen molar-refractivity contribution < 1.29 is 0 Å². The Bertz CT molecular complexity index is 2740. The normalized spacial score (nSPS) is 10.2. The molecular weight excluding hydrogens is 635 g/mol. The minimum Gasteiger partial charge on any atom is -0.192 e. The van der Waals surface area contributed by atoms with E-state index in [1.54, 1.807) is 30.3 Å². The van der Waals surface area contributed by atoms with Gasteiger partial charge in [-0.05, 0) is 92.5 Å². The number of hydrogen-bond donors (Lipinski definition) is 0. The Morgan fingerprint density at radius 1 is 0.269 bits per heavy atom. The van der Waals surface area contributed by atoms with E-state index in [0.717, 1.165) is 11.1 Å². The van der Waals surface area contributed by atoms with Crippen LogP contribution in [0.15, 0.2) is 152 Å². The van der Waals surface area contributed by atoms with Crippen LogP contribution in [0.4, 0.5) is 0 Å². The van der Waals surface area contributed by atoms with Crippen molar-refractivity contribution in [1.82, 2.24) is 0 Å². The summed E-state index contributed by atoms with van der Waals surface area (Å²) < 4.78 is 0. The lowest BCUT2D eigenvalue weighted by Crippen LogP contribution is -2.04. The predicted octanol–water partition coefficient (Wildman–Crippen LogP) is 11.0. The molecule has 0 fully saturated rings. The molecule has 5 nitrogen and oxygen atoms in total. The smallest absolute Gasteiger partial charge is 0.0998 e. The van der Waals surface area contributed by atoms with E-state index in [1.807, 2.05) is 121 Å². The van der Waals surface area contributed by atoms with E-state index in [-0.39, 0.29) is 0 Å². The lowest BCUT2D eigenvalue weighted by Gasteiger charge is -2.29. The van der Waals surface area contributed by atoms with E-state index in [1.165, 1.54) is 0 Å². The van der Waals surface area contributed by atoms with E-state index in [4.69, 9.17) is 0 Å². The Morgan fingerprint density at radius 2 is 0.596 bits per heavy atom. The number of hydrogen-bond acceptors (Lipinski definition) is 5. The summed E-state index contributed by atoms with van der Waals surface area (Å²) in [6.45, 7) is 0. The first-order valence-corrected chi connectivity index (χ1v) is 16.4. The summed E-state index contributed by atoms with van der Waals surface area (Å²) in [6, 6.07) is 58.3. The van der Waals surface area contributed by atoms with Gasteiger partial charge in [0.2, 0.25) is 0 Å². The van der Waals surface area contributed by atoms with Crippen LogP contribution in [-0.4, -0.2) is 0 Å². The molecule has 0 radical (unpaired) electrons. The number of rotatable bonds is 6. The van der Waals surface area contributed by atoms with Crippen LogP contribution >= 0.6 is 0 Å². The first kappa shape index (κ1) is 32.5. The van der Waals surface area contributed by atoms with Crippen molar-refractivity contribution in [3.05, 3.63) is 179 Å². The van der Waals surface area contributed by atoms with Gasteiger partial charge in [-0.2, -0.15) is 26.3 Å². The molecule has 0 aliphatic heterocycles. The Morgan fingerprint density at radius 3 is 0.981 bits per heavy atom. The average Bonchev–Trinajstić information content (AvgIpc) is 3.22. The fraction of sp³-hybridized carbons (Fsp3) is 0. The van der Waals surface area contributed by atoms with Gasteiger partial charge in [-0.15, -0.1) is 0 Å². The van der Waals surface area contributed by atoms with Gasteiger partial charge in [-0.3, -0.25) is 0 Å². The Kier molecular flexibility index (Phi) is 8.90. The Labute approximate surface area is 302 Å². The molecule has 238 valence electrons. The Hall–Kier alpha value is -8.01. The molecule has 0 atom stereocenters.